The van der Waals surface area contributed by atoms with Crippen LogP contribution in [0.25, 0.3) is 6.08 Å². The summed E-state index contributed by atoms with van der Waals surface area (Å²) in [5.41, 5.74) is 2.42. The molecule has 0 aliphatic carbocycles. The zero-order chi connectivity index (χ0) is 33.8. The Morgan fingerprint density at radius 1 is 0.633 bits per heavy atom. The van der Waals surface area contributed by atoms with Crippen LogP contribution < -0.4 is 20.7 Å². The summed E-state index contributed by atoms with van der Waals surface area (Å²) in [4.78, 5) is 40.6. The first-order valence-electron chi connectivity index (χ1n) is 15.4. The molecule has 0 saturated carbocycles. The molecule has 1 unspecified atom stereocenters. The molecule has 1 aromatic heterocycles. The normalized spacial score (nSPS) is 11.6. The molecule has 0 radical (unpaired) electrons. The van der Waals surface area contributed by atoms with Crippen molar-refractivity contribution in [1.82, 2.24) is 5.32 Å². The van der Waals surface area contributed by atoms with E-state index in [1.165, 1.54) is 24.1 Å². The largest absolute Gasteiger partial charge is 0.465 e. The highest BCUT2D eigenvalue weighted by atomic mass is 32.2. The van der Waals surface area contributed by atoms with Gasteiger partial charge in [0.05, 0.1) is 6.26 Å². The smallest absolute Gasteiger partial charge is 0.272 e. The quantitative estimate of drug-likeness (QED) is 0.0890. The van der Waals surface area contributed by atoms with E-state index in [9.17, 15) is 14.4 Å². The Hall–Kier alpha value is -6.32. The summed E-state index contributed by atoms with van der Waals surface area (Å²) in [6.45, 7) is 0. The van der Waals surface area contributed by atoms with Gasteiger partial charge in [0.25, 0.3) is 11.8 Å². The minimum absolute atomic E-state index is 0.0164. The second-order valence-electron chi connectivity index (χ2n) is 10.7. The van der Waals surface area contributed by atoms with Gasteiger partial charge in [-0.15, -0.1) is 11.8 Å². The van der Waals surface area contributed by atoms with Crippen molar-refractivity contribution in [1.29, 1.82) is 0 Å². The SMILES string of the molecule is O=C(Nc1ccc(SC(C(=O)Nc2ccc(Oc3ccccc3)cc2)c2ccccc2)cc1)/C(=C/c1ccco1)NC(=O)c1ccccc1. The van der Waals surface area contributed by atoms with Crippen molar-refractivity contribution < 1.29 is 23.5 Å². The standard InChI is InChI=1S/C40H31N3O5S/c44-38(29-13-6-2-7-14-29)43-36(27-34-17-10-26-47-34)39(45)41-31-20-24-35(25-21-31)49-37(28-11-4-1-5-12-28)40(46)42-30-18-22-33(23-19-30)48-32-15-8-3-9-16-32/h1-27,37H,(H,41,45)(H,42,46)(H,43,44)/b36-27-. The Kier molecular flexibility index (Phi) is 10.6. The van der Waals surface area contributed by atoms with Crippen LogP contribution in [0.5, 0.6) is 11.5 Å². The molecule has 8 nitrogen and oxygen atoms in total. The minimum Gasteiger partial charge on any atom is -0.465 e. The maximum Gasteiger partial charge on any atom is 0.272 e. The minimum atomic E-state index is -0.557. The van der Waals surface area contributed by atoms with Crippen molar-refractivity contribution in [2.75, 3.05) is 10.6 Å². The summed E-state index contributed by atoms with van der Waals surface area (Å²) in [6.07, 6.45) is 2.95. The van der Waals surface area contributed by atoms with Crippen LogP contribution in [0.4, 0.5) is 11.4 Å². The summed E-state index contributed by atoms with van der Waals surface area (Å²) in [5.74, 6) is 0.655. The number of thioether (sulfide) groups is 1. The monoisotopic (exact) mass is 665 g/mol. The van der Waals surface area contributed by atoms with Crippen molar-refractivity contribution in [3.63, 3.8) is 0 Å². The third-order valence-corrected chi connectivity index (χ3v) is 8.43. The highest BCUT2D eigenvalue weighted by Crippen LogP contribution is 2.37. The Labute approximate surface area is 287 Å². The lowest BCUT2D eigenvalue weighted by molar-refractivity contribution is -0.116. The van der Waals surface area contributed by atoms with E-state index in [-0.39, 0.29) is 11.6 Å². The molecule has 9 heteroatoms. The number of amides is 3. The highest BCUT2D eigenvalue weighted by molar-refractivity contribution is 8.00. The fourth-order valence-corrected chi connectivity index (χ4v) is 5.77. The number of carbonyl (C=O) groups is 3. The molecular weight excluding hydrogens is 635 g/mol. The molecule has 0 saturated heterocycles. The summed E-state index contributed by atoms with van der Waals surface area (Å²) in [6, 6.07) is 45.4. The van der Waals surface area contributed by atoms with E-state index < -0.39 is 17.1 Å². The molecule has 242 valence electrons. The molecule has 3 N–H and O–H groups in total. The number of hydrogen-bond acceptors (Lipinski definition) is 6. The van der Waals surface area contributed by atoms with Crippen LogP contribution in [0.15, 0.2) is 173 Å². The number of carbonyl (C=O) groups excluding carboxylic acids is 3. The number of para-hydroxylation sites is 1. The topological polar surface area (TPSA) is 110 Å². The highest BCUT2D eigenvalue weighted by Gasteiger charge is 2.23. The number of ether oxygens (including phenoxy) is 1. The van der Waals surface area contributed by atoms with Crippen LogP contribution in [-0.2, 0) is 9.59 Å². The van der Waals surface area contributed by atoms with Gasteiger partial charge in [0.1, 0.15) is 28.2 Å². The first kappa shape index (κ1) is 32.6. The van der Waals surface area contributed by atoms with Gasteiger partial charge in [0.2, 0.25) is 5.91 Å². The van der Waals surface area contributed by atoms with Crippen LogP contribution in [0.3, 0.4) is 0 Å². The number of anilines is 2. The molecule has 5 aromatic carbocycles. The number of nitrogens with one attached hydrogen (secondary N) is 3. The summed E-state index contributed by atoms with van der Waals surface area (Å²) < 4.78 is 11.2. The fraction of sp³-hybridized carbons (Fsp3) is 0.0250. The van der Waals surface area contributed by atoms with Gasteiger partial charge in [-0.1, -0.05) is 66.7 Å². The summed E-state index contributed by atoms with van der Waals surface area (Å²) in [7, 11) is 0. The Bertz CT molecular complexity index is 2020. The number of benzene rings is 5. The summed E-state index contributed by atoms with van der Waals surface area (Å²) >= 11 is 1.39. The van der Waals surface area contributed by atoms with Crippen LogP contribution in [0, 0.1) is 0 Å². The Morgan fingerprint density at radius 2 is 1.22 bits per heavy atom. The van der Waals surface area contributed by atoms with Gasteiger partial charge < -0.3 is 25.1 Å². The number of rotatable bonds is 12. The zero-order valence-electron chi connectivity index (χ0n) is 26.1. The van der Waals surface area contributed by atoms with Crippen LogP contribution in [0.1, 0.15) is 26.9 Å². The third kappa shape index (κ3) is 9.15. The summed E-state index contributed by atoms with van der Waals surface area (Å²) in [5, 5.41) is 7.99. The van der Waals surface area contributed by atoms with Gasteiger partial charge >= 0.3 is 0 Å². The average molecular weight is 666 g/mol. The molecular formula is C40H31N3O5S. The molecule has 6 rings (SSSR count). The Balaban J connectivity index is 1.13. The van der Waals surface area contributed by atoms with E-state index >= 15 is 0 Å². The first-order valence-corrected chi connectivity index (χ1v) is 16.3. The van der Waals surface area contributed by atoms with Gasteiger partial charge in [-0.05, 0) is 90.5 Å². The first-order chi connectivity index (χ1) is 24.0. The predicted octanol–water partition coefficient (Wildman–Crippen LogP) is 8.95. The van der Waals surface area contributed by atoms with Gasteiger partial charge in [0.15, 0.2) is 0 Å². The van der Waals surface area contributed by atoms with E-state index in [0.29, 0.717) is 28.4 Å². The number of furan rings is 1. The molecule has 0 aliphatic heterocycles. The van der Waals surface area contributed by atoms with Crippen molar-refractivity contribution >= 4 is 46.9 Å². The molecule has 6 aromatic rings. The average Bonchev–Trinajstić information content (AvgIpc) is 3.66. The third-order valence-electron chi connectivity index (χ3n) is 7.17. The fourth-order valence-electron chi connectivity index (χ4n) is 4.75. The Morgan fingerprint density at radius 3 is 1.88 bits per heavy atom. The molecule has 0 spiro atoms. The lowest BCUT2D eigenvalue weighted by atomic mass is 10.1. The van der Waals surface area contributed by atoms with Gasteiger partial charge in [-0.2, -0.15) is 0 Å². The van der Waals surface area contributed by atoms with Crippen LogP contribution in [-0.4, -0.2) is 17.7 Å². The lowest BCUT2D eigenvalue weighted by Gasteiger charge is -2.18. The zero-order valence-corrected chi connectivity index (χ0v) is 26.9. The van der Waals surface area contributed by atoms with Crippen molar-refractivity contribution in [2.24, 2.45) is 0 Å². The number of hydrogen-bond donors (Lipinski definition) is 3. The van der Waals surface area contributed by atoms with E-state index in [1.807, 2.05) is 84.9 Å². The molecule has 0 fully saturated rings. The molecule has 49 heavy (non-hydrogen) atoms. The van der Waals surface area contributed by atoms with E-state index in [0.717, 1.165) is 16.2 Å². The molecule has 0 aliphatic rings. The molecule has 0 bridgehead atoms. The van der Waals surface area contributed by atoms with Crippen LogP contribution in [0.2, 0.25) is 0 Å². The molecule has 1 heterocycles. The van der Waals surface area contributed by atoms with Gasteiger partial charge in [-0.3, -0.25) is 14.4 Å². The lowest BCUT2D eigenvalue weighted by Crippen LogP contribution is -2.30. The molecule has 3 amide bonds. The molecule has 1 atom stereocenters. The van der Waals surface area contributed by atoms with E-state index in [4.69, 9.17) is 9.15 Å². The predicted molar refractivity (Wildman–Crippen MR) is 192 cm³/mol. The van der Waals surface area contributed by atoms with Crippen molar-refractivity contribution in [3.05, 3.63) is 181 Å². The second kappa shape index (κ2) is 16.0. The second-order valence-corrected chi connectivity index (χ2v) is 11.9. The van der Waals surface area contributed by atoms with Gasteiger partial charge in [0, 0.05) is 27.9 Å². The maximum absolute atomic E-state index is 13.6. The van der Waals surface area contributed by atoms with Crippen molar-refractivity contribution in [3.8, 4) is 11.5 Å². The van der Waals surface area contributed by atoms with E-state index in [1.54, 1.807) is 66.7 Å². The van der Waals surface area contributed by atoms with Crippen molar-refractivity contribution in [2.45, 2.75) is 10.1 Å². The van der Waals surface area contributed by atoms with E-state index in [2.05, 4.69) is 16.0 Å². The maximum atomic E-state index is 13.6. The van der Waals surface area contributed by atoms with Crippen LogP contribution >= 0.6 is 11.8 Å². The van der Waals surface area contributed by atoms with Gasteiger partial charge in [-0.25, -0.2) is 0 Å².